The van der Waals surface area contributed by atoms with Crippen molar-refractivity contribution < 1.29 is 9.47 Å². The van der Waals surface area contributed by atoms with Gasteiger partial charge in [0.25, 0.3) is 0 Å². The molecule has 3 rings (SSSR count). The summed E-state index contributed by atoms with van der Waals surface area (Å²) in [6, 6.07) is 0. The summed E-state index contributed by atoms with van der Waals surface area (Å²) in [5.41, 5.74) is 3.35. The minimum atomic E-state index is -0.329. The van der Waals surface area contributed by atoms with Crippen molar-refractivity contribution in [2.75, 3.05) is 13.2 Å². The highest BCUT2D eigenvalue weighted by atomic mass is 16.7. The number of allylic oxidation sites excluding steroid dienone is 3. The van der Waals surface area contributed by atoms with Crippen LogP contribution < -0.4 is 0 Å². The van der Waals surface area contributed by atoms with E-state index in [0.29, 0.717) is 11.3 Å². The second kappa shape index (κ2) is 4.46. The molecule has 0 bridgehead atoms. The molecule has 2 heteroatoms. The first-order valence-corrected chi connectivity index (χ1v) is 7.60. The maximum atomic E-state index is 5.71. The Hall–Kier alpha value is -0.600. The first-order chi connectivity index (χ1) is 8.94. The van der Waals surface area contributed by atoms with Crippen LogP contribution in [0, 0.1) is 17.3 Å². The van der Waals surface area contributed by atoms with Gasteiger partial charge in [-0.05, 0) is 49.0 Å². The molecule has 2 fully saturated rings. The average Bonchev–Trinajstić information content (AvgIpc) is 2.77. The van der Waals surface area contributed by atoms with Gasteiger partial charge in [0.1, 0.15) is 0 Å². The SMILES string of the molecule is C=C1CCC=C1[C@H]1[C@@H](CCC2(C)OCCO2)C1(C)C. The van der Waals surface area contributed by atoms with Crippen LogP contribution in [0.5, 0.6) is 0 Å². The van der Waals surface area contributed by atoms with Crippen LogP contribution in [0.15, 0.2) is 23.8 Å². The summed E-state index contributed by atoms with van der Waals surface area (Å²) < 4.78 is 11.4. The summed E-state index contributed by atoms with van der Waals surface area (Å²) in [7, 11) is 0. The minimum Gasteiger partial charge on any atom is -0.348 e. The van der Waals surface area contributed by atoms with Gasteiger partial charge in [-0.2, -0.15) is 0 Å². The zero-order valence-electron chi connectivity index (χ0n) is 12.5. The van der Waals surface area contributed by atoms with Crippen molar-refractivity contribution >= 4 is 0 Å². The summed E-state index contributed by atoms with van der Waals surface area (Å²) in [4.78, 5) is 0. The topological polar surface area (TPSA) is 18.5 Å². The van der Waals surface area contributed by atoms with Crippen LogP contribution in [-0.4, -0.2) is 19.0 Å². The molecule has 0 aromatic rings. The van der Waals surface area contributed by atoms with E-state index in [4.69, 9.17) is 9.47 Å². The Kier molecular flexibility index (Phi) is 3.14. The van der Waals surface area contributed by atoms with Gasteiger partial charge in [0.15, 0.2) is 5.79 Å². The Labute approximate surface area is 116 Å². The van der Waals surface area contributed by atoms with E-state index < -0.39 is 0 Å². The van der Waals surface area contributed by atoms with Crippen molar-refractivity contribution in [3.8, 4) is 0 Å². The molecule has 0 radical (unpaired) electrons. The molecule has 106 valence electrons. The molecule has 1 heterocycles. The predicted octanol–water partition coefficient (Wildman–Crippen LogP) is 4.08. The first kappa shape index (κ1) is 13.4. The molecule has 1 saturated carbocycles. The molecule has 2 nitrogen and oxygen atoms in total. The van der Waals surface area contributed by atoms with Crippen molar-refractivity contribution in [3.05, 3.63) is 23.8 Å². The third-order valence-electron chi connectivity index (χ3n) is 5.41. The Morgan fingerprint density at radius 1 is 1.26 bits per heavy atom. The normalized spacial score (nSPS) is 35.5. The lowest BCUT2D eigenvalue weighted by molar-refractivity contribution is -0.148. The van der Waals surface area contributed by atoms with E-state index in [2.05, 4.69) is 33.4 Å². The summed E-state index contributed by atoms with van der Waals surface area (Å²) in [5.74, 6) is 1.15. The molecule has 1 saturated heterocycles. The molecule has 3 aliphatic rings. The van der Waals surface area contributed by atoms with E-state index in [9.17, 15) is 0 Å². The van der Waals surface area contributed by atoms with E-state index in [0.717, 1.165) is 25.6 Å². The van der Waals surface area contributed by atoms with E-state index in [-0.39, 0.29) is 5.79 Å². The molecule has 0 amide bonds. The molecular weight excluding hydrogens is 236 g/mol. The van der Waals surface area contributed by atoms with Gasteiger partial charge >= 0.3 is 0 Å². The maximum Gasteiger partial charge on any atom is 0.165 e. The zero-order chi connectivity index (χ0) is 13.7. The van der Waals surface area contributed by atoms with Gasteiger partial charge in [0.2, 0.25) is 0 Å². The van der Waals surface area contributed by atoms with E-state index >= 15 is 0 Å². The Morgan fingerprint density at radius 2 is 1.95 bits per heavy atom. The molecular formula is C17H26O2. The third-order valence-corrected chi connectivity index (χ3v) is 5.41. The lowest BCUT2D eigenvalue weighted by atomic mass is 10.00. The summed E-state index contributed by atoms with van der Waals surface area (Å²) in [5, 5.41) is 0. The smallest absolute Gasteiger partial charge is 0.165 e. The minimum absolute atomic E-state index is 0.329. The molecule has 0 N–H and O–H groups in total. The van der Waals surface area contributed by atoms with Crippen LogP contribution in [0.2, 0.25) is 0 Å². The first-order valence-electron chi connectivity index (χ1n) is 7.60. The molecule has 0 aromatic carbocycles. The number of hydrogen-bond donors (Lipinski definition) is 0. The van der Waals surface area contributed by atoms with Crippen molar-refractivity contribution in [3.63, 3.8) is 0 Å². The van der Waals surface area contributed by atoms with E-state index in [1.165, 1.54) is 24.8 Å². The van der Waals surface area contributed by atoms with Crippen molar-refractivity contribution in [2.45, 2.75) is 52.2 Å². The Bertz CT molecular complexity index is 413. The maximum absolute atomic E-state index is 5.71. The second-order valence-electron chi connectivity index (χ2n) is 7.08. The Balaban J connectivity index is 1.61. The summed E-state index contributed by atoms with van der Waals surface area (Å²) in [6.07, 6.45) is 6.98. The van der Waals surface area contributed by atoms with Crippen LogP contribution in [0.1, 0.15) is 46.5 Å². The molecule has 2 aliphatic carbocycles. The van der Waals surface area contributed by atoms with Crippen LogP contribution in [0.3, 0.4) is 0 Å². The van der Waals surface area contributed by atoms with Crippen LogP contribution in [0.25, 0.3) is 0 Å². The van der Waals surface area contributed by atoms with Crippen molar-refractivity contribution in [1.82, 2.24) is 0 Å². The number of rotatable bonds is 4. The van der Waals surface area contributed by atoms with Gasteiger partial charge in [-0.3, -0.25) is 0 Å². The summed E-state index contributed by atoms with van der Waals surface area (Å²) >= 11 is 0. The third kappa shape index (κ3) is 2.30. The predicted molar refractivity (Wildman–Crippen MR) is 76.8 cm³/mol. The molecule has 0 unspecified atom stereocenters. The second-order valence-corrected chi connectivity index (χ2v) is 7.08. The fourth-order valence-electron chi connectivity index (χ4n) is 4.06. The van der Waals surface area contributed by atoms with Crippen LogP contribution in [-0.2, 0) is 9.47 Å². The van der Waals surface area contributed by atoms with Crippen LogP contribution >= 0.6 is 0 Å². The van der Waals surface area contributed by atoms with Crippen molar-refractivity contribution in [2.24, 2.45) is 17.3 Å². The highest BCUT2D eigenvalue weighted by molar-refractivity contribution is 5.41. The molecule has 1 aliphatic heterocycles. The van der Waals surface area contributed by atoms with Gasteiger partial charge in [-0.15, -0.1) is 0 Å². The fourth-order valence-corrected chi connectivity index (χ4v) is 4.06. The quantitative estimate of drug-likeness (QED) is 0.760. The standard InChI is InChI=1S/C17H26O2/c1-12-6-5-7-13(12)15-14(16(15,2)3)8-9-17(4)18-10-11-19-17/h7,14-15H,1,5-6,8-11H2,2-4H3/t14-,15+/m1/s1. The largest absolute Gasteiger partial charge is 0.348 e. The number of hydrogen-bond acceptors (Lipinski definition) is 2. The van der Waals surface area contributed by atoms with Gasteiger partial charge < -0.3 is 9.47 Å². The van der Waals surface area contributed by atoms with E-state index in [1.54, 1.807) is 5.57 Å². The highest BCUT2D eigenvalue weighted by Crippen LogP contribution is 2.65. The van der Waals surface area contributed by atoms with Gasteiger partial charge in [-0.25, -0.2) is 0 Å². The van der Waals surface area contributed by atoms with Gasteiger partial charge in [0, 0.05) is 6.42 Å². The molecule has 0 spiro atoms. The average molecular weight is 262 g/mol. The van der Waals surface area contributed by atoms with E-state index in [1.807, 2.05) is 0 Å². The zero-order valence-corrected chi connectivity index (χ0v) is 12.5. The molecule has 0 aromatic heterocycles. The monoisotopic (exact) mass is 262 g/mol. The molecule has 2 atom stereocenters. The van der Waals surface area contributed by atoms with Crippen LogP contribution in [0.4, 0.5) is 0 Å². The highest BCUT2D eigenvalue weighted by Gasteiger charge is 2.59. The van der Waals surface area contributed by atoms with Gasteiger partial charge in [0.05, 0.1) is 13.2 Å². The van der Waals surface area contributed by atoms with Crippen molar-refractivity contribution in [1.29, 1.82) is 0 Å². The lowest BCUT2D eigenvalue weighted by Gasteiger charge is -2.22. The Morgan fingerprint density at radius 3 is 2.53 bits per heavy atom. The summed E-state index contributed by atoms with van der Waals surface area (Å²) in [6.45, 7) is 12.6. The molecule has 19 heavy (non-hydrogen) atoms. The van der Waals surface area contributed by atoms with Gasteiger partial charge in [-0.1, -0.05) is 32.1 Å². The number of ether oxygens (including phenoxy) is 2. The fraction of sp³-hybridized carbons (Fsp3) is 0.765. The lowest BCUT2D eigenvalue weighted by Crippen LogP contribution is -2.25.